The highest BCUT2D eigenvalue weighted by molar-refractivity contribution is 7.99. The van der Waals surface area contributed by atoms with E-state index in [1.54, 1.807) is 24.0 Å². The maximum Gasteiger partial charge on any atom is 0.272 e. The number of rotatable bonds is 4. The van der Waals surface area contributed by atoms with E-state index in [0.717, 1.165) is 16.3 Å². The third kappa shape index (κ3) is 2.87. The monoisotopic (exact) mass is 261 g/mol. The van der Waals surface area contributed by atoms with Crippen molar-refractivity contribution in [3.05, 3.63) is 42.2 Å². The first-order valence-electron chi connectivity index (χ1n) is 5.67. The third-order valence-electron chi connectivity index (χ3n) is 2.39. The van der Waals surface area contributed by atoms with Gasteiger partial charge in [-0.05, 0) is 24.0 Å². The van der Waals surface area contributed by atoms with Crippen LogP contribution in [-0.4, -0.2) is 16.6 Å². The highest BCUT2D eigenvalue weighted by atomic mass is 32.2. The van der Waals surface area contributed by atoms with Crippen molar-refractivity contribution in [2.75, 3.05) is 16.8 Å². The summed E-state index contributed by atoms with van der Waals surface area (Å²) >= 11 is 1.69. The molecule has 2 aromatic rings. The average molecular weight is 261 g/mol. The zero-order chi connectivity index (χ0) is 13.0. The summed E-state index contributed by atoms with van der Waals surface area (Å²) in [6.45, 7) is 2.08. The number of aromatic nitrogens is 1. The zero-order valence-electron chi connectivity index (χ0n) is 10.1. The third-order valence-corrected chi connectivity index (χ3v) is 3.34. The number of anilines is 2. The number of nitrogen functional groups attached to an aromatic ring is 1. The molecular formula is C13H15N3OS. The lowest BCUT2D eigenvalue weighted by Crippen LogP contribution is -2.12. The van der Waals surface area contributed by atoms with E-state index < -0.39 is 0 Å². The maximum atomic E-state index is 12.0. The lowest BCUT2D eigenvalue weighted by Gasteiger charge is -2.09. The van der Waals surface area contributed by atoms with Crippen LogP contribution in [0.25, 0.3) is 0 Å². The van der Waals surface area contributed by atoms with Crippen molar-refractivity contribution < 1.29 is 4.79 Å². The Balaban J connectivity index is 2.16. The number of nitrogens with one attached hydrogen (secondary N) is 2. The van der Waals surface area contributed by atoms with Gasteiger partial charge in [0.1, 0.15) is 5.69 Å². The van der Waals surface area contributed by atoms with Crippen LogP contribution in [0.15, 0.2) is 41.4 Å². The van der Waals surface area contributed by atoms with Gasteiger partial charge in [-0.25, -0.2) is 0 Å². The molecule has 5 heteroatoms. The number of amides is 1. The predicted molar refractivity (Wildman–Crippen MR) is 76.0 cm³/mol. The Morgan fingerprint density at radius 3 is 2.89 bits per heavy atom. The van der Waals surface area contributed by atoms with Crippen LogP contribution in [-0.2, 0) is 0 Å². The van der Waals surface area contributed by atoms with Gasteiger partial charge in [-0.2, -0.15) is 0 Å². The van der Waals surface area contributed by atoms with Crippen molar-refractivity contribution in [2.24, 2.45) is 0 Å². The summed E-state index contributed by atoms with van der Waals surface area (Å²) in [5.74, 6) is 0.776. The largest absolute Gasteiger partial charge is 0.397 e. The molecular weight excluding hydrogens is 246 g/mol. The number of benzene rings is 1. The number of hydrogen-bond donors (Lipinski definition) is 3. The van der Waals surface area contributed by atoms with Gasteiger partial charge >= 0.3 is 0 Å². The van der Waals surface area contributed by atoms with Crippen molar-refractivity contribution >= 4 is 29.0 Å². The van der Waals surface area contributed by atoms with Gasteiger partial charge in [0.25, 0.3) is 5.91 Å². The Hall–Kier alpha value is -1.88. The molecule has 1 heterocycles. The number of para-hydroxylation sites is 1. The van der Waals surface area contributed by atoms with Gasteiger partial charge in [0.05, 0.1) is 5.69 Å². The van der Waals surface area contributed by atoms with E-state index in [1.165, 1.54) is 0 Å². The molecule has 0 aliphatic heterocycles. The molecule has 0 saturated heterocycles. The van der Waals surface area contributed by atoms with Crippen LogP contribution < -0.4 is 11.1 Å². The molecule has 94 valence electrons. The van der Waals surface area contributed by atoms with E-state index in [0.29, 0.717) is 11.4 Å². The number of thioether (sulfide) groups is 1. The summed E-state index contributed by atoms with van der Waals surface area (Å²) in [5, 5.41) is 2.88. The summed E-state index contributed by atoms with van der Waals surface area (Å²) in [6, 6.07) is 9.36. The van der Waals surface area contributed by atoms with Crippen LogP contribution in [0.4, 0.5) is 11.4 Å². The van der Waals surface area contributed by atoms with Crippen LogP contribution in [0, 0.1) is 0 Å². The minimum Gasteiger partial charge on any atom is -0.397 e. The van der Waals surface area contributed by atoms with Crippen LogP contribution in [0.3, 0.4) is 0 Å². The fraction of sp³-hybridized carbons (Fsp3) is 0.154. The summed E-state index contributed by atoms with van der Waals surface area (Å²) < 4.78 is 0. The van der Waals surface area contributed by atoms with Gasteiger partial charge in [0, 0.05) is 16.8 Å². The highest BCUT2D eigenvalue weighted by Gasteiger charge is 2.10. The Morgan fingerprint density at radius 2 is 2.22 bits per heavy atom. The highest BCUT2D eigenvalue weighted by Crippen LogP contribution is 2.26. The molecule has 0 saturated carbocycles. The van der Waals surface area contributed by atoms with Crippen LogP contribution in [0.5, 0.6) is 0 Å². The normalized spacial score (nSPS) is 10.3. The number of H-pyrrole nitrogens is 1. The van der Waals surface area contributed by atoms with E-state index >= 15 is 0 Å². The maximum absolute atomic E-state index is 12.0. The second-order valence-electron chi connectivity index (χ2n) is 3.73. The molecule has 1 aromatic carbocycles. The fourth-order valence-electron chi connectivity index (χ4n) is 1.58. The smallest absolute Gasteiger partial charge is 0.272 e. The standard InChI is InChI=1S/C13H15N3OS/c1-2-18-12-6-4-3-5-10(12)16-13(17)11-7-9(14)8-15-11/h3-8,15H,2,14H2,1H3,(H,16,17). The second kappa shape index (κ2) is 5.64. The van der Waals surface area contributed by atoms with Crippen molar-refractivity contribution in [1.82, 2.24) is 4.98 Å². The molecule has 0 spiro atoms. The Bertz CT molecular complexity index is 551. The summed E-state index contributed by atoms with van der Waals surface area (Å²) in [5.41, 5.74) is 7.41. The van der Waals surface area contributed by atoms with Gasteiger partial charge in [-0.3, -0.25) is 4.79 Å². The number of hydrogen-bond acceptors (Lipinski definition) is 3. The van der Waals surface area contributed by atoms with E-state index in [1.807, 2.05) is 24.3 Å². The lowest BCUT2D eigenvalue weighted by molar-refractivity contribution is 0.102. The zero-order valence-corrected chi connectivity index (χ0v) is 10.9. The van der Waals surface area contributed by atoms with Gasteiger partial charge in [0.15, 0.2) is 0 Å². The van der Waals surface area contributed by atoms with Crippen molar-refractivity contribution in [2.45, 2.75) is 11.8 Å². The number of carbonyl (C=O) groups is 1. The molecule has 0 fully saturated rings. The molecule has 2 rings (SSSR count). The first-order chi connectivity index (χ1) is 8.70. The van der Waals surface area contributed by atoms with Gasteiger partial charge in [-0.15, -0.1) is 11.8 Å². The lowest BCUT2D eigenvalue weighted by atomic mass is 10.3. The van der Waals surface area contributed by atoms with E-state index in [4.69, 9.17) is 5.73 Å². The summed E-state index contributed by atoms with van der Waals surface area (Å²) in [6.07, 6.45) is 1.60. The van der Waals surface area contributed by atoms with Crippen LogP contribution >= 0.6 is 11.8 Å². The second-order valence-corrected chi connectivity index (χ2v) is 5.04. The molecule has 0 atom stereocenters. The van der Waals surface area contributed by atoms with Crippen LogP contribution in [0.2, 0.25) is 0 Å². The van der Waals surface area contributed by atoms with Gasteiger partial charge in [0.2, 0.25) is 0 Å². The molecule has 18 heavy (non-hydrogen) atoms. The molecule has 4 nitrogen and oxygen atoms in total. The molecule has 0 unspecified atom stereocenters. The molecule has 1 amide bonds. The SMILES string of the molecule is CCSc1ccccc1NC(=O)c1cc(N)c[nH]1. The Kier molecular flexibility index (Phi) is 3.94. The molecule has 0 bridgehead atoms. The van der Waals surface area contributed by atoms with E-state index in [9.17, 15) is 4.79 Å². The van der Waals surface area contributed by atoms with Crippen LogP contribution in [0.1, 0.15) is 17.4 Å². The summed E-state index contributed by atoms with van der Waals surface area (Å²) in [4.78, 5) is 15.9. The van der Waals surface area contributed by atoms with Gasteiger partial charge in [-0.1, -0.05) is 19.1 Å². The fourth-order valence-corrected chi connectivity index (χ4v) is 2.34. The van der Waals surface area contributed by atoms with E-state index in [2.05, 4.69) is 17.2 Å². The van der Waals surface area contributed by atoms with E-state index in [-0.39, 0.29) is 5.91 Å². The van der Waals surface area contributed by atoms with Crippen molar-refractivity contribution in [3.63, 3.8) is 0 Å². The number of carbonyl (C=O) groups excluding carboxylic acids is 1. The van der Waals surface area contributed by atoms with Crippen molar-refractivity contribution in [1.29, 1.82) is 0 Å². The number of aromatic amines is 1. The minimum absolute atomic E-state index is 0.184. The topological polar surface area (TPSA) is 70.9 Å². The summed E-state index contributed by atoms with van der Waals surface area (Å²) in [7, 11) is 0. The molecule has 4 N–H and O–H groups in total. The minimum atomic E-state index is -0.184. The first kappa shape index (κ1) is 12.6. The predicted octanol–water partition coefficient (Wildman–Crippen LogP) is 2.96. The molecule has 0 radical (unpaired) electrons. The molecule has 1 aromatic heterocycles. The first-order valence-corrected chi connectivity index (χ1v) is 6.66. The quantitative estimate of drug-likeness (QED) is 0.741. The Labute approximate surface area is 110 Å². The van der Waals surface area contributed by atoms with Crippen molar-refractivity contribution in [3.8, 4) is 0 Å². The molecule has 0 aliphatic carbocycles. The van der Waals surface area contributed by atoms with Gasteiger partial charge < -0.3 is 16.0 Å². The number of nitrogens with two attached hydrogens (primary N) is 1. The Morgan fingerprint density at radius 1 is 1.44 bits per heavy atom. The molecule has 0 aliphatic rings. The average Bonchev–Trinajstić information content (AvgIpc) is 2.79.